The first-order chi connectivity index (χ1) is 7.26. The Morgan fingerprint density at radius 2 is 2.13 bits per heavy atom. The Bertz CT molecular complexity index is 339. The fourth-order valence-corrected chi connectivity index (χ4v) is 1.36. The van der Waals surface area contributed by atoms with Gasteiger partial charge in [0.25, 0.3) is 0 Å². The number of benzene rings is 1. The van der Waals surface area contributed by atoms with Crippen molar-refractivity contribution in [1.29, 1.82) is 0 Å². The van der Waals surface area contributed by atoms with Crippen LogP contribution in [0.25, 0.3) is 0 Å². The largest absolute Gasteiger partial charge is 0.497 e. The first-order valence-corrected chi connectivity index (χ1v) is 4.57. The Kier molecular flexibility index (Phi) is 4.15. The molecule has 15 heavy (non-hydrogen) atoms. The van der Waals surface area contributed by atoms with Crippen molar-refractivity contribution in [3.63, 3.8) is 0 Å². The van der Waals surface area contributed by atoms with Crippen molar-refractivity contribution in [1.82, 2.24) is 5.43 Å². The van der Waals surface area contributed by atoms with Gasteiger partial charge in [0.2, 0.25) is 0 Å². The van der Waals surface area contributed by atoms with Crippen LogP contribution in [0.15, 0.2) is 30.9 Å². The lowest BCUT2D eigenvalue weighted by molar-refractivity contribution is 0.388. The van der Waals surface area contributed by atoms with E-state index < -0.39 is 0 Å². The van der Waals surface area contributed by atoms with E-state index in [0.29, 0.717) is 0 Å². The molecule has 3 N–H and O–H groups in total. The molecule has 0 bridgehead atoms. The van der Waals surface area contributed by atoms with Gasteiger partial charge in [-0.1, -0.05) is 6.08 Å². The van der Waals surface area contributed by atoms with Gasteiger partial charge in [0.1, 0.15) is 11.5 Å². The van der Waals surface area contributed by atoms with Gasteiger partial charge in [-0.3, -0.25) is 5.84 Å². The molecule has 1 atom stereocenters. The summed E-state index contributed by atoms with van der Waals surface area (Å²) in [6.45, 7) is 3.70. The highest BCUT2D eigenvalue weighted by Crippen LogP contribution is 2.29. The molecule has 0 radical (unpaired) electrons. The van der Waals surface area contributed by atoms with Gasteiger partial charge in [-0.2, -0.15) is 0 Å². The first-order valence-electron chi connectivity index (χ1n) is 4.57. The summed E-state index contributed by atoms with van der Waals surface area (Å²) in [5.41, 5.74) is 3.57. The summed E-state index contributed by atoms with van der Waals surface area (Å²) in [4.78, 5) is 0. The number of rotatable bonds is 5. The van der Waals surface area contributed by atoms with Crippen molar-refractivity contribution in [3.8, 4) is 11.5 Å². The van der Waals surface area contributed by atoms with Gasteiger partial charge in [-0.05, 0) is 12.1 Å². The van der Waals surface area contributed by atoms with Crippen LogP contribution in [0.2, 0.25) is 0 Å². The zero-order valence-electron chi connectivity index (χ0n) is 8.99. The molecular formula is C11H16N2O2. The Labute approximate surface area is 89.7 Å². The fourth-order valence-electron chi connectivity index (χ4n) is 1.36. The van der Waals surface area contributed by atoms with Crippen LogP contribution in [0.3, 0.4) is 0 Å². The highest BCUT2D eigenvalue weighted by Gasteiger charge is 2.11. The minimum Gasteiger partial charge on any atom is -0.497 e. The lowest BCUT2D eigenvalue weighted by atomic mass is 10.1. The molecule has 82 valence electrons. The predicted octanol–water partition coefficient (Wildman–Crippen LogP) is 1.39. The summed E-state index contributed by atoms with van der Waals surface area (Å²) >= 11 is 0. The van der Waals surface area contributed by atoms with Crippen LogP contribution < -0.4 is 20.7 Å². The van der Waals surface area contributed by atoms with Gasteiger partial charge < -0.3 is 9.47 Å². The number of hydrogen-bond donors (Lipinski definition) is 2. The summed E-state index contributed by atoms with van der Waals surface area (Å²) < 4.78 is 10.4. The summed E-state index contributed by atoms with van der Waals surface area (Å²) in [5.74, 6) is 6.87. The zero-order valence-corrected chi connectivity index (χ0v) is 8.99. The number of ether oxygens (including phenoxy) is 2. The Morgan fingerprint density at radius 3 is 2.60 bits per heavy atom. The predicted molar refractivity (Wildman–Crippen MR) is 59.8 cm³/mol. The lowest BCUT2D eigenvalue weighted by Crippen LogP contribution is -2.26. The van der Waals surface area contributed by atoms with E-state index >= 15 is 0 Å². The Balaban J connectivity index is 3.11. The van der Waals surface area contributed by atoms with E-state index in [2.05, 4.69) is 12.0 Å². The van der Waals surface area contributed by atoms with Crippen molar-refractivity contribution in [2.24, 2.45) is 5.84 Å². The standard InChI is InChI=1S/C11H16N2O2/c1-4-10(13-12)9-6-5-8(14-2)7-11(9)15-3/h4-7,10,13H,1,12H2,2-3H3. The second-order valence-corrected chi connectivity index (χ2v) is 2.99. The first kappa shape index (κ1) is 11.6. The van der Waals surface area contributed by atoms with Crippen LogP contribution in [0.1, 0.15) is 11.6 Å². The number of methoxy groups -OCH3 is 2. The van der Waals surface area contributed by atoms with Crippen molar-refractivity contribution < 1.29 is 9.47 Å². The highest BCUT2D eigenvalue weighted by molar-refractivity contribution is 5.43. The number of hydrazine groups is 1. The molecule has 1 aromatic carbocycles. The van der Waals surface area contributed by atoms with Gasteiger partial charge in [-0.25, -0.2) is 5.43 Å². The third-order valence-electron chi connectivity index (χ3n) is 2.19. The summed E-state index contributed by atoms with van der Waals surface area (Å²) in [7, 11) is 3.22. The maximum atomic E-state index is 5.40. The van der Waals surface area contributed by atoms with Crippen LogP contribution in [-0.4, -0.2) is 14.2 Å². The van der Waals surface area contributed by atoms with Crippen LogP contribution in [0.4, 0.5) is 0 Å². The topological polar surface area (TPSA) is 56.5 Å². The molecule has 0 aliphatic rings. The molecule has 0 heterocycles. The van der Waals surface area contributed by atoms with Crippen LogP contribution in [0, 0.1) is 0 Å². The molecule has 0 aromatic heterocycles. The lowest BCUT2D eigenvalue weighted by Gasteiger charge is -2.16. The van der Waals surface area contributed by atoms with Crippen molar-refractivity contribution in [2.75, 3.05) is 14.2 Å². The summed E-state index contributed by atoms with van der Waals surface area (Å²) in [6, 6.07) is 5.42. The highest BCUT2D eigenvalue weighted by atomic mass is 16.5. The summed E-state index contributed by atoms with van der Waals surface area (Å²) in [5, 5.41) is 0. The third kappa shape index (κ3) is 2.49. The van der Waals surface area contributed by atoms with Crippen LogP contribution in [-0.2, 0) is 0 Å². The maximum absolute atomic E-state index is 5.40. The molecule has 0 fully saturated rings. The number of hydrogen-bond acceptors (Lipinski definition) is 4. The van der Waals surface area contributed by atoms with E-state index in [0.717, 1.165) is 17.1 Å². The van der Waals surface area contributed by atoms with E-state index in [1.54, 1.807) is 20.3 Å². The quantitative estimate of drug-likeness (QED) is 0.436. The smallest absolute Gasteiger partial charge is 0.127 e. The molecule has 4 nitrogen and oxygen atoms in total. The van der Waals surface area contributed by atoms with Crippen LogP contribution in [0.5, 0.6) is 11.5 Å². The van der Waals surface area contributed by atoms with Gasteiger partial charge in [0.15, 0.2) is 0 Å². The van der Waals surface area contributed by atoms with E-state index in [1.165, 1.54) is 0 Å². The molecule has 1 rings (SSSR count). The van der Waals surface area contributed by atoms with E-state index in [4.69, 9.17) is 15.3 Å². The van der Waals surface area contributed by atoms with Crippen molar-refractivity contribution in [3.05, 3.63) is 36.4 Å². The van der Waals surface area contributed by atoms with Crippen molar-refractivity contribution in [2.45, 2.75) is 6.04 Å². The van der Waals surface area contributed by atoms with Crippen LogP contribution >= 0.6 is 0 Å². The molecular weight excluding hydrogens is 192 g/mol. The minimum absolute atomic E-state index is 0.133. The minimum atomic E-state index is -0.133. The number of nitrogens with two attached hydrogens (primary N) is 1. The molecule has 0 aliphatic heterocycles. The SMILES string of the molecule is C=CC(NN)c1ccc(OC)cc1OC. The Hall–Kier alpha value is -1.52. The monoisotopic (exact) mass is 208 g/mol. The zero-order chi connectivity index (χ0) is 11.3. The van der Waals surface area contributed by atoms with Gasteiger partial charge >= 0.3 is 0 Å². The molecule has 0 spiro atoms. The fraction of sp³-hybridized carbons (Fsp3) is 0.273. The van der Waals surface area contributed by atoms with E-state index in [-0.39, 0.29) is 6.04 Å². The van der Waals surface area contributed by atoms with E-state index in [1.807, 2.05) is 18.2 Å². The van der Waals surface area contributed by atoms with Gasteiger partial charge in [0, 0.05) is 11.6 Å². The second kappa shape index (κ2) is 5.38. The molecule has 0 aliphatic carbocycles. The molecule has 0 saturated heterocycles. The molecule has 1 aromatic rings. The molecule has 1 unspecified atom stereocenters. The summed E-state index contributed by atoms with van der Waals surface area (Å²) in [6.07, 6.45) is 1.71. The van der Waals surface area contributed by atoms with Crippen molar-refractivity contribution >= 4 is 0 Å². The van der Waals surface area contributed by atoms with Gasteiger partial charge in [0.05, 0.1) is 20.3 Å². The third-order valence-corrected chi connectivity index (χ3v) is 2.19. The maximum Gasteiger partial charge on any atom is 0.127 e. The normalized spacial score (nSPS) is 11.9. The molecule has 4 heteroatoms. The number of nitrogens with one attached hydrogen (secondary N) is 1. The van der Waals surface area contributed by atoms with E-state index in [9.17, 15) is 0 Å². The molecule has 0 saturated carbocycles. The average molecular weight is 208 g/mol. The van der Waals surface area contributed by atoms with Gasteiger partial charge in [-0.15, -0.1) is 6.58 Å². The Morgan fingerprint density at radius 1 is 1.40 bits per heavy atom. The average Bonchev–Trinajstić information content (AvgIpc) is 2.31. The second-order valence-electron chi connectivity index (χ2n) is 2.99. The molecule has 0 amide bonds.